The second-order valence-electron chi connectivity index (χ2n) is 7.54. The number of halogens is 3. The number of aryl methyl sites for hydroxylation is 1. The Morgan fingerprint density at radius 3 is 2.67 bits per heavy atom. The van der Waals surface area contributed by atoms with Crippen LogP contribution in [0.15, 0.2) is 30.1 Å². The van der Waals surface area contributed by atoms with Crippen LogP contribution in [0.1, 0.15) is 58.5 Å². The molecule has 1 N–H and O–H groups in total. The molecule has 2 aromatic heterocycles. The molecule has 30 heavy (non-hydrogen) atoms. The first-order valence-electron chi connectivity index (χ1n) is 9.52. The number of hydrogen-bond acceptors (Lipinski definition) is 5. The number of aromatic carboxylic acids is 1. The summed E-state index contributed by atoms with van der Waals surface area (Å²) in [6, 6.07) is 3.44. The topological polar surface area (TPSA) is 75.6 Å². The van der Waals surface area contributed by atoms with Gasteiger partial charge in [0, 0.05) is 41.3 Å². The molecule has 0 spiro atoms. The number of ether oxygens (including phenoxy) is 1. The van der Waals surface area contributed by atoms with Crippen molar-refractivity contribution >= 4 is 11.7 Å². The molecule has 0 radical (unpaired) electrons. The van der Waals surface area contributed by atoms with Crippen molar-refractivity contribution in [1.82, 2.24) is 14.9 Å². The minimum absolute atomic E-state index is 0.0474. The molecule has 4 rings (SSSR count). The zero-order valence-electron chi connectivity index (χ0n) is 16.5. The molecule has 1 atom stereocenters. The van der Waals surface area contributed by atoms with Crippen molar-refractivity contribution in [3.05, 3.63) is 58.0 Å². The summed E-state index contributed by atoms with van der Waals surface area (Å²) in [6.07, 6.45) is 0.521. The Labute approximate surface area is 171 Å². The van der Waals surface area contributed by atoms with E-state index in [0.717, 1.165) is 29.7 Å². The number of pyridine rings is 2. The number of carbonyl (C=O) groups is 1. The summed E-state index contributed by atoms with van der Waals surface area (Å²) in [5.74, 6) is -1.11. The second kappa shape index (κ2) is 7.30. The predicted molar refractivity (Wildman–Crippen MR) is 102 cm³/mol. The number of hydrogen-bond donors (Lipinski definition) is 1. The summed E-state index contributed by atoms with van der Waals surface area (Å²) < 4.78 is 42.0. The third-order valence-corrected chi connectivity index (χ3v) is 5.34. The van der Waals surface area contributed by atoms with Crippen LogP contribution in [0.5, 0.6) is 5.88 Å². The maximum absolute atomic E-state index is 12.4. The van der Waals surface area contributed by atoms with Crippen LogP contribution in [0.4, 0.5) is 13.2 Å². The second-order valence-corrected chi connectivity index (χ2v) is 7.54. The Balaban J connectivity index is 1.63. The normalized spacial score (nSPS) is 16.5. The van der Waals surface area contributed by atoms with E-state index < -0.39 is 18.8 Å². The molecule has 6 nitrogen and oxygen atoms in total. The van der Waals surface area contributed by atoms with E-state index in [2.05, 4.69) is 14.9 Å². The lowest BCUT2D eigenvalue weighted by Crippen LogP contribution is -2.22. The van der Waals surface area contributed by atoms with Gasteiger partial charge in [0.15, 0.2) is 12.3 Å². The molecule has 1 aliphatic heterocycles. The Kier molecular flexibility index (Phi) is 4.91. The Bertz CT molecular complexity index is 1040. The highest BCUT2D eigenvalue weighted by Crippen LogP contribution is 2.47. The van der Waals surface area contributed by atoms with Gasteiger partial charge in [0.1, 0.15) is 0 Å². The molecule has 1 unspecified atom stereocenters. The molecule has 2 aromatic rings. The minimum Gasteiger partial charge on any atom is -0.477 e. The average Bonchev–Trinajstić information content (AvgIpc) is 3.44. The van der Waals surface area contributed by atoms with Gasteiger partial charge < -0.3 is 14.7 Å². The van der Waals surface area contributed by atoms with E-state index in [-0.39, 0.29) is 17.6 Å². The van der Waals surface area contributed by atoms with Crippen molar-refractivity contribution in [2.75, 3.05) is 6.61 Å². The number of nitrogens with zero attached hydrogens (tertiary/aromatic N) is 3. The summed E-state index contributed by atoms with van der Waals surface area (Å²) in [4.78, 5) is 21.8. The van der Waals surface area contributed by atoms with E-state index in [1.807, 2.05) is 13.0 Å². The molecule has 0 aromatic carbocycles. The van der Waals surface area contributed by atoms with Gasteiger partial charge in [-0.15, -0.1) is 0 Å². The molecule has 158 valence electrons. The number of carboxylic acids is 1. The van der Waals surface area contributed by atoms with Gasteiger partial charge in [-0.2, -0.15) is 13.2 Å². The zero-order chi connectivity index (χ0) is 21.6. The lowest BCUT2D eigenvalue weighted by Gasteiger charge is -2.29. The Hall–Kier alpha value is -3.10. The molecular formula is C21H20F3N3O3. The Morgan fingerprint density at radius 2 is 2.07 bits per heavy atom. The van der Waals surface area contributed by atoms with E-state index in [4.69, 9.17) is 4.74 Å². The molecule has 1 saturated carbocycles. The molecular weight excluding hydrogens is 399 g/mol. The first kappa shape index (κ1) is 20.2. The van der Waals surface area contributed by atoms with Crippen molar-refractivity contribution in [1.29, 1.82) is 0 Å². The van der Waals surface area contributed by atoms with Crippen LogP contribution in [0.2, 0.25) is 0 Å². The van der Waals surface area contributed by atoms with E-state index in [9.17, 15) is 23.1 Å². The van der Waals surface area contributed by atoms with Gasteiger partial charge in [0.25, 0.3) is 0 Å². The molecule has 0 amide bonds. The fourth-order valence-electron chi connectivity index (χ4n) is 3.78. The van der Waals surface area contributed by atoms with Crippen LogP contribution >= 0.6 is 0 Å². The van der Waals surface area contributed by atoms with Crippen molar-refractivity contribution < 1.29 is 27.8 Å². The number of carboxylic acid groups (broad SMARTS) is 1. The first-order chi connectivity index (χ1) is 14.2. The van der Waals surface area contributed by atoms with Crippen LogP contribution < -0.4 is 4.74 Å². The largest absolute Gasteiger partial charge is 0.477 e. The maximum atomic E-state index is 12.4. The number of alkyl halides is 3. The lowest BCUT2D eigenvalue weighted by atomic mass is 10.1. The summed E-state index contributed by atoms with van der Waals surface area (Å²) in [5.41, 5.74) is 5.22. The third-order valence-electron chi connectivity index (χ3n) is 5.34. The lowest BCUT2D eigenvalue weighted by molar-refractivity contribution is -0.154. The molecule has 1 fully saturated rings. The van der Waals surface area contributed by atoms with Gasteiger partial charge in [0.05, 0.1) is 6.04 Å². The van der Waals surface area contributed by atoms with E-state index >= 15 is 0 Å². The van der Waals surface area contributed by atoms with Crippen LogP contribution in [0, 0.1) is 6.92 Å². The van der Waals surface area contributed by atoms with Crippen molar-refractivity contribution in [3.63, 3.8) is 0 Å². The standard InChI is InChI=1S/C21H20F3N3O3/c1-11-7-14(8-26-19(11)30-10-21(22,23)24)12(2)27-9-16-15(18(27)13-3-4-13)5-6-25-17(16)20(28)29/h5-8,12H,3-4,9-10H2,1-2H3,(H,28,29). The number of fused-ring (bicyclic) bond motifs is 1. The fourth-order valence-corrected chi connectivity index (χ4v) is 3.78. The smallest absolute Gasteiger partial charge is 0.422 e. The molecule has 1 aliphatic carbocycles. The van der Waals surface area contributed by atoms with Crippen LogP contribution in [-0.2, 0) is 6.54 Å². The highest BCUT2D eigenvalue weighted by Gasteiger charge is 2.36. The van der Waals surface area contributed by atoms with Crippen LogP contribution in [0.25, 0.3) is 5.70 Å². The van der Waals surface area contributed by atoms with E-state index in [1.165, 1.54) is 18.0 Å². The van der Waals surface area contributed by atoms with Gasteiger partial charge in [-0.3, -0.25) is 0 Å². The summed E-state index contributed by atoms with van der Waals surface area (Å²) in [5, 5.41) is 9.50. The highest BCUT2D eigenvalue weighted by atomic mass is 19.4. The van der Waals surface area contributed by atoms with Crippen molar-refractivity contribution in [3.8, 4) is 5.88 Å². The minimum atomic E-state index is -4.43. The number of allylic oxidation sites excluding steroid dienone is 1. The molecule has 0 saturated heterocycles. The van der Waals surface area contributed by atoms with Gasteiger partial charge in [-0.05, 0) is 50.0 Å². The van der Waals surface area contributed by atoms with Crippen LogP contribution in [-0.4, -0.2) is 38.7 Å². The van der Waals surface area contributed by atoms with Crippen molar-refractivity contribution in [2.45, 2.75) is 45.5 Å². The first-order valence-corrected chi connectivity index (χ1v) is 9.52. The predicted octanol–water partition coefficient (Wildman–Crippen LogP) is 4.51. The summed E-state index contributed by atoms with van der Waals surface area (Å²) >= 11 is 0. The zero-order valence-corrected chi connectivity index (χ0v) is 16.5. The molecule has 3 heterocycles. The van der Waals surface area contributed by atoms with E-state index in [1.54, 1.807) is 13.0 Å². The highest BCUT2D eigenvalue weighted by molar-refractivity contribution is 5.90. The van der Waals surface area contributed by atoms with Gasteiger partial charge >= 0.3 is 12.1 Å². The molecule has 0 bridgehead atoms. The number of rotatable bonds is 5. The van der Waals surface area contributed by atoms with Crippen LogP contribution in [0.3, 0.4) is 0 Å². The monoisotopic (exact) mass is 419 g/mol. The number of aromatic nitrogens is 2. The molecule has 9 heteroatoms. The summed E-state index contributed by atoms with van der Waals surface area (Å²) in [7, 11) is 0. The van der Waals surface area contributed by atoms with Crippen molar-refractivity contribution in [2.24, 2.45) is 0 Å². The Morgan fingerprint density at radius 1 is 1.33 bits per heavy atom. The average molecular weight is 419 g/mol. The van der Waals surface area contributed by atoms with E-state index in [0.29, 0.717) is 17.7 Å². The van der Waals surface area contributed by atoms with Gasteiger partial charge in [0.2, 0.25) is 5.88 Å². The third kappa shape index (κ3) is 3.83. The quantitative estimate of drug-likeness (QED) is 0.769. The fraction of sp³-hybridized carbons (Fsp3) is 0.381. The summed E-state index contributed by atoms with van der Waals surface area (Å²) in [6.45, 7) is 2.63. The van der Waals surface area contributed by atoms with Gasteiger partial charge in [-0.25, -0.2) is 14.8 Å². The SMILES string of the molecule is Cc1cc(C(C)N2Cc3c(ccnc3C(=O)O)C2=C2CC2)cnc1OCC(F)(F)F. The maximum Gasteiger partial charge on any atom is 0.422 e. The molecule has 2 aliphatic rings. The van der Waals surface area contributed by atoms with Gasteiger partial charge in [-0.1, -0.05) is 0 Å².